The number of rotatable bonds is 5. The van der Waals surface area contributed by atoms with E-state index in [0.29, 0.717) is 11.3 Å². The summed E-state index contributed by atoms with van der Waals surface area (Å²) in [7, 11) is 0. The summed E-state index contributed by atoms with van der Waals surface area (Å²) < 4.78 is 0. The van der Waals surface area contributed by atoms with E-state index in [1.165, 1.54) is 12.4 Å². The van der Waals surface area contributed by atoms with E-state index in [2.05, 4.69) is 15.3 Å². The van der Waals surface area contributed by atoms with Gasteiger partial charge in [-0.15, -0.1) is 0 Å². The number of carbonyl (C=O) groups excluding carboxylic acids is 1. The van der Waals surface area contributed by atoms with Gasteiger partial charge >= 0.3 is 0 Å². The third-order valence-corrected chi connectivity index (χ3v) is 2.72. The van der Waals surface area contributed by atoms with E-state index < -0.39 is 12.0 Å². The number of benzene rings is 1. The Hall–Kier alpha value is -2.67. The first-order valence-corrected chi connectivity index (χ1v) is 5.96. The molecule has 0 aliphatic rings. The first-order chi connectivity index (χ1) is 9.58. The van der Waals surface area contributed by atoms with Gasteiger partial charge in [0, 0.05) is 24.6 Å². The summed E-state index contributed by atoms with van der Waals surface area (Å²) in [6.07, 6.45) is 2.05. The van der Waals surface area contributed by atoms with Crippen LogP contribution in [0.4, 0.5) is 11.5 Å². The predicted molar refractivity (Wildman–Crippen MR) is 74.9 cm³/mol. The smallest absolute Gasteiger partial charge is 0.271 e. The average molecular weight is 273 g/mol. The van der Waals surface area contributed by atoms with Gasteiger partial charge in [0.15, 0.2) is 11.5 Å². The lowest BCUT2D eigenvalue weighted by atomic mass is 10.1. The molecular formula is C13H15N5O2. The minimum absolute atomic E-state index is 0.0389. The van der Waals surface area contributed by atoms with Gasteiger partial charge in [0.1, 0.15) is 0 Å². The minimum Gasteiger partial charge on any atom is -0.399 e. The number of nitrogens with one attached hydrogen (secondary N) is 1. The molecule has 1 aromatic carbocycles. The molecule has 0 saturated heterocycles. The number of aromatic nitrogens is 2. The van der Waals surface area contributed by atoms with Crippen LogP contribution in [0, 0.1) is 0 Å². The maximum absolute atomic E-state index is 11.2. The van der Waals surface area contributed by atoms with E-state index in [1.807, 2.05) is 0 Å². The summed E-state index contributed by atoms with van der Waals surface area (Å²) in [4.78, 5) is 19.0. The molecule has 1 aromatic heterocycles. The lowest BCUT2D eigenvalue weighted by Crippen LogP contribution is -2.20. The van der Waals surface area contributed by atoms with Crippen LogP contribution in [0.1, 0.15) is 22.2 Å². The van der Waals surface area contributed by atoms with E-state index in [1.54, 1.807) is 24.3 Å². The zero-order valence-corrected chi connectivity index (χ0v) is 10.7. The van der Waals surface area contributed by atoms with Gasteiger partial charge < -0.3 is 21.9 Å². The largest absolute Gasteiger partial charge is 0.399 e. The molecule has 0 radical (unpaired) electrons. The number of nitrogens with two attached hydrogens (primary N) is 2. The second-order valence-corrected chi connectivity index (χ2v) is 4.18. The van der Waals surface area contributed by atoms with Gasteiger partial charge in [-0.1, -0.05) is 12.1 Å². The maximum Gasteiger partial charge on any atom is 0.271 e. The summed E-state index contributed by atoms with van der Waals surface area (Å²) in [5.74, 6) is -0.433. The molecule has 1 amide bonds. The zero-order valence-electron chi connectivity index (χ0n) is 10.7. The first-order valence-electron chi connectivity index (χ1n) is 5.96. The van der Waals surface area contributed by atoms with Crippen LogP contribution in [0.5, 0.6) is 0 Å². The van der Waals surface area contributed by atoms with Crippen molar-refractivity contribution in [1.29, 1.82) is 0 Å². The van der Waals surface area contributed by atoms with Gasteiger partial charge in [0.05, 0.1) is 6.10 Å². The van der Waals surface area contributed by atoms with Crippen LogP contribution in [0.2, 0.25) is 0 Å². The molecule has 6 N–H and O–H groups in total. The summed E-state index contributed by atoms with van der Waals surface area (Å²) in [5, 5.41) is 12.9. The van der Waals surface area contributed by atoms with Crippen LogP contribution in [-0.4, -0.2) is 27.5 Å². The molecule has 1 heterocycles. The number of hydrogen-bond donors (Lipinski definition) is 4. The summed E-state index contributed by atoms with van der Waals surface area (Å²) in [5.41, 5.74) is 12.1. The average Bonchev–Trinajstić information content (AvgIpc) is 2.45. The van der Waals surface area contributed by atoms with Crippen molar-refractivity contribution in [3.8, 4) is 0 Å². The van der Waals surface area contributed by atoms with Crippen molar-refractivity contribution in [2.24, 2.45) is 5.73 Å². The van der Waals surface area contributed by atoms with Crippen LogP contribution in [0.3, 0.4) is 0 Å². The zero-order chi connectivity index (χ0) is 14.5. The van der Waals surface area contributed by atoms with Crippen LogP contribution < -0.4 is 16.8 Å². The second-order valence-electron chi connectivity index (χ2n) is 4.18. The molecule has 20 heavy (non-hydrogen) atoms. The van der Waals surface area contributed by atoms with E-state index >= 15 is 0 Å². The Balaban J connectivity index is 2.05. The molecule has 7 heteroatoms. The number of carbonyl (C=O) groups is 1. The van der Waals surface area contributed by atoms with Crippen LogP contribution in [-0.2, 0) is 0 Å². The number of aliphatic hydroxyl groups is 1. The number of primary amides is 1. The van der Waals surface area contributed by atoms with Crippen molar-refractivity contribution < 1.29 is 9.90 Å². The van der Waals surface area contributed by atoms with Crippen LogP contribution in [0.25, 0.3) is 0 Å². The van der Waals surface area contributed by atoms with Crippen molar-refractivity contribution in [2.75, 3.05) is 17.6 Å². The molecule has 104 valence electrons. The molecule has 0 aliphatic carbocycles. The number of anilines is 2. The fourth-order valence-corrected chi connectivity index (χ4v) is 1.68. The van der Waals surface area contributed by atoms with E-state index in [9.17, 15) is 9.90 Å². The highest BCUT2D eigenvalue weighted by atomic mass is 16.3. The van der Waals surface area contributed by atoms with Gasteiger partial charge in [-0.3, -0.25) is 4.79 Å². The van der Waals surface area contributed by atoms with Crippen molar-refractivity contribution in [2.45, 2.75) is 6.10 Å². The number of nitrogen functional groups attached to an aromatic ring is 1. The quantitative estimate of drug-likeness (QED) is 0.580. The van der Waals surface area contributed by atoms with E-state index in [4.69, 9.17) is 11.5 Å². The van der Waals surface area contributed by atoms with Crippen LogP contribution in [0.15, 0.2) is 36.7 Å². The standard InChI is InChI=1S/C13H15N5O2/c14-9-3-1-8(2-4-9)10(19)7-18-13-11(12(15)20)16-5-6-17-13/h1-6,10,19H,7,14H2,(H2,15,20)(H,17,18). The first kappa shape index (κ1) is 13.8. The molecule has 0 bridgehead atoms. The summed E-state index contributed by atoms with van der Waals surface area (Å²) in [6.45, 7) is 0.170. The highest BCUT2D eigenvalue weighted by molar-refractivity contribution is 5.95. The Kier molecular flexibility index (Phi) is 4.11. The Bertz CT molecular complexity index is 600. The monoisotopic (exact) mass is 273 g/mol. The highest BCUT2D eigenvalue weighted by Gasteiger charge is 2.13. The van der Waals surface area contributed by atoms with Gasteiger partial charge in [-0.25, -0.2) is 9.97 Å². The Morgan fingerprint density at radius 2 is 1.90 bits per heavy atom. The Morgan fingerprint density at radius 1 is 1.25 bits per heavy atom. The number of hydrogen-bond acceptors (Lipinski definition) is 6. The van der Waals surface area contributed by atoms with Gasteiger partial charge in [0.2, 0.25) is 0 Å². The van der Waals surface area contributed by atoms with Crippen molar-refractivity contribution >= 4 is 17.4 Å². The highest BCUT2D eigenvalue weighted by Crippen LogP contribution is 2.16. The molecule has 0 aliphatic heterocycles. The number of amides is 1. The lowest BCUT2D eigenvalue weighted by molar-refractivity contribution is 0.0996. The maximum atomic E-state index is 11.2. The van der Waals surface area contributed by atoms with E-state index in [-0.39, 0.29) is 18.1 Å². The topological polar surface area (TPSA) is 127 Å². The Labute approximate surface area is 115 Å². The number of nitrogens with zero attached hydrogens (tertiary/aromatic N) is 2. The third kappa shape index (κ3) is 3.21. The SMILES string of the molecule is NC(=O)c1nccnc1NCC(O)c1ccc(N)cc1. The molecule has 7 nitrogen and oxygen atoms in total. The summed E-state index contributed by atoms with van der Waals surface area (Å²) in [6, 6.07) is 6.87. The molecular weight excluding hydrogens is 258 g/mol. The van der Waals surface area contributed by atoms with Gasteiger partial charge in [0.25, 0.3) is 5.91 Å². The Morgan fingerprint density at radius 3 is 2.55 bits per heavy atom. The lowest BCUT2D eigenvalue weighted by Gasteiger charge is -2.13. The van der Waals surface area contributed by atoms with Crippen molar-refractivity contribution in [3.63, 3.8) is 0 Å². The molecule has 2 aromatic rings. The predicted octanol–water partition coefficient (Wildman–Crippen LogP) is 0.303. The van der Waals surface area contributed by atoms with Gasteiger partial charge in [-0.05, 0) is 17.7 Å². The molecule has 1 unspecified atom stereocenters. The van der Waals surface area contributed by atoms with Crippen molar-refractivity contribution in [3.05, 3.63) is 47.9 Å². The molecule has 0 fully saturated rings. The fourth-order valence-electron chi connectivity index (χ4n) is 1.68. The number of aliphatic hydroxyl groups excluding tert-OH is 1. The van der Waals surface area contributed by atoms with Gasteiger partial charge in [-0.2, -0.15) is 0 Å². The molecule has 0 saturated carbocycles. The summed E-state index contributed by atoms with van der Waals surface area (Å²) >= 11 is 0. The molecule has 0 spiro atoms. The van der Waals surface area contributed by atoms with Crippen LogP contribution >= 0.6 is 0 Å². The van der Waals surface area contributed by atoms with Crippen molar-refractivity contribution in [1.82, 2.24) is 9.97 Å². The normalized spacial score (nSPS) is 11.8. The minimum atomic E-state index is -0.765. The second kappa shape index (κ2) is 5.98. The third-order valence-electron chi connectivity index (χ3n) is 2.72. The molecule has 1 atom stereocenters. The fraction of sp³-hybridized carbons (Fsp3) is 0.154. The van der Waals surface area contributed by atoms with E-state index in [0.717, 1.165) is 0 Å². The molecule has 2 rings (SSSR count).